The molecule has 0 radical (unpaired) electrons. The number of aromatic nitrogens is 2. The van der Waals surface area contributed by atoms with Gasteiger partial charge in [-0.2, -0.15) is 5.10 Å². The molecule has 158 valence electrons. The lowest BCUT2D eigenvalue weighted by Crippen LogP contribution is -2.30. The second-order valence-electron chi connectivity index (χ2n) is 7.34. The molecular weight excluding hydrogens is 366 g/mol. The van der Waals surface area contributed by atoms with Crippen molar-refractivity contribution in [3.63, 3.8) is 0 Å². The summed E-state index contributed by atoms with van der Waals surface area (Å²) in [6.45, 7) is 13.1. The Morgan fingerprint density at radius 3 is 2.38 bits per heavy atom. The van der Waals surface area contributed by atoms with Crippen molar-refractivity contribution in [3.8, 4) is 11.5 Å². The van der Waals surface area contributed by atoms with Gasteiger partial charge in [0.25, 0.3) is 0 Å². The summed E-state index contributed by atoms with van der Waals surface area (Å²) in [4.78, 5) is 12.6. The first kappa shape index (κ1) is 22.5. The average molecular weight is 400 g/mol. The van der Waals surface area contributed by atoms with Gasteiger partial charge in [-0.05, 0) is 57.4 Å². The van der Waals surface area contributed by atoms with Crippen molar-refractivity contribution < 1.29 is 14.3 Å². The van der Waals surface area contributed by atoms with Crippen LogP contribution in [0.1, 0.15) is 56.3 Å². The van der Waals surface area contributed by atoms with Crippen LogP contribution in [0.3, 0.4) is 0 Å². The van der Waals surface area contributed by atoms with Gasteiger partial charge in [0, 0.05) is 24.4 Å². The summed E-state index contributed by atoms with van der Waals surface area (Å²) >= 11 is 0. The van der Waals surface area contributed by atoms with Crippen LogP contribution in [0.2, 0.25) is 0 Å². The van der Waals surface area contributed by atoms with Crippen LogP contribution in [0, 0.1) is 19.8 Å². The van der Waals surface area contributed by atoms with Crippen molar-refractivity contribution in [1.29, 1.82) is 0 Å². The van der Waals surface area contributed by atoms with E-state index in [-0.39, 0.29) is 17.9 Å². The second kappa shape index (κ2) is 10.1. The number of hydrogen-bond acceptors (Lipinski definition) is 4. The number of benzene rings is 1. The minimum atomic E-state index is -0.141. The predicted molar refractivity (Wildman–Crippen MR) is 116 cm³/mol. The van der Waals surface area contributed by atoms with Crippen LogP contribution in [-0.4, -0.2) is 28.9 Å². The molecule has 2 aromatic rings. The lowest BCUT2D eigenvalue weighted by molar-refractivity contribution is -0.117. The molecule has 0 fully saturated rings. The zero-order chi connectivity index (χ0) is 21.6. The third-order valence-corrected chi connectivity index (χ3v) is 4.86. The van der Waals surface area contributed by atoms with Gasteiger partial charge >= 0.3 is 0 Å². The van der Waals surface area contributed by atoms with Crippen molar-refractivity contribution in [3.05, 3.63) is 46.8 Å². The van der Waals surface area contributed by atoms with Gasteiger partial charge in [-0.25, -0.2) is 0 Å². The van der Waals surface area contributed by atoms with Gasteiger partial charge in [-0.15, -0.1) is 0 Å². The van der Waals surface area contributed by atoms with E-state index in [2.05, 4.69) is 24.3 Å². The fourth-order valence-electron chi connectivity index (χ4n) is 3.29. The Kier molecular flexibility index (Phi) is 7.88. The Hall–Kier alpha value is -2.76. The van der Waals surface area contributed by atoms with Crippen molar-refractivity contribution >= 4 is 12.0 Å². The molecule has 2 rings (SSSR count). The van der Waals surface area contributed by atoms with Crippen molar-refractivity contribution in [2.24, 2.45) is 13.0 Å². The summed E-state index contributed by atoms with van der Waals surface area (Å²) in [5.74, 6) is 1.48. The van der Waals surface area contributed by atoms with Crippen LogP contribution in [0.5, 0.6) is 11.5 Å². The fraction of sp³-hybridized carbons (Fsp3) is 0.478. The van der Waals surface area contributed by atoms with Crippen molar-refractivity contribution in [2.45, 2.75) is 47.6 Å². The van der Waals surface area contributed by atoms with Gasteiger partial charge in [0.1, 0.15) is 0 Å². The lowest BCUT2D eigenvalue weighted by atomic mass is 9.95. The van der Waals surface area contributed by atoms with Gasteiger partial charge in [-0.3, -0.25) is 9.48 Å². The summed E-state index contributed by atoms with van der Waals surface area (Å²) in [6, 6.07) is 5.71. The molecule has 29 heavy (non-hydrogen) atoms. The first-order chi connectivity index (χ1) is 13.8. The van der Waals surface area contributed by atoms with Crippen LogP contribution in [0.25, 0.3) is 6.08 Å². The van der Waals surface area contributed by atoms with Gasteiger partial charge < -0.3 is 14.8 Å². The Balaban J connectivity index is 2.22. The minimum Gasteiger partial charge on any atom is -0.490 e. The number of amides is 1. The monoisotopic (exact) mass is 399 g/mol. The first-order valence-electron chi connectivity index (χ1n) is 10.2. The second-order valence-corrected chi connectivity index (χ2v) is 7.34. The van der Waals surface area contributed by atoms with Gasteiger partial charge in [0.05, 0.1) is 24.9 Å². The summed E-state index contributed by atoms with van der Waals surface area (Å²) in [7, 11) is 1.90. The molecule has 1 heterocycles. The Bertz CT molecular complexity index is 868. The summed E-state index contributed by atoms with van der Waals surface area (Å²) in [6.07, 6.45) is 3.40. The van der Waals surface area contributed by atoms with Crippen LogP contribution >= 0.6 is 0 Å². The van der Waals surface area contributed by atoms with E-state index < -0.39 is 0 Å². The molecule has 6 heteroatoms. The highest BCUT2D eigenvalue weighted by molar-refractivity contribution is 5.92. The maximum atomic E-state index is 12.6. The molecule has 6 nitrogen and oxygen atoms in total. The Labute approximate surface area is 173 Å². The molecule has 1 aromatic heterocycles. The SMILES string of the molecule is CCOc1ccc(C(NC(=O)/C=C/c2c(C)nn(C)c2C)C(C)C)cc1OCC. The number of carbonyl (C=O) groups is 1. The number of nitrogens with one attached hydrogen (secondary N) is 1. The average Bonchev–Trinajstić information content (AvgIpc) is 2.91. The number of hydrogen-bond donors (Lipinski definition) is 1. The quantitative estimate of drug-likeness (QED) is 0.636. The Morgan fingerprint density at radius 1 is 1.17 bits per heavy atom. The third-order valence-electron chi connectivity index (χ3n) is 4.86. The smallest absolute Gasteiger partial charge is 0.244 e. The van der Waals surface area contributed by atoms with Crippen LogP contribution in [-0.2, 0) is 11.8 Å². The van der Waals surface area contributed by atoms with Gasteiger partial charge in [0.2, 0.25) is 5.91 Å². The molecule has 0 aliphatic heterocycles. The highest BCUT2D eigenvalue weighted by atomic mass is 16.5. The first-order valence-corrected chi connectivity index (χ1v) is 10.2. The standard InChI is InChI=1S/C23H33N3O3/c1-8-28-20-12-10-18(14-21(20)29-9-2)23(15(3)4)24-22(27)13-11-19-16(5)25-26(7)17(19)6/h10-15,23H,8-9H2,1-7H3,(H,24,27)/b13-11+. The number of nitrogens with zero attached hydrogens (tertiary/aromatic N) is 2. The van der Waals surface area contributed by atoms with Crippen LogP contribution in [0.4, 0.5) is 0 Å². The third kappa shape index (κ3) is 5.62. The minimum absolute atomic E-state index is 0.141. The Morgan fingerprint density at radius 2 is 1.83 bits per heavy atom. The van der Waals surface area contributed by atoms with Gasteiger partial charge in [0.15, 0.2) is 11.5 Å². The van der Waals surface area contributed by atoms with E-state index in [0.29, 0.717) is 24.7 Å². The van der Waals surface area contributed by atoms with E-state index in [1.165, 1.54) is 0 Å². The van der Waals surface area contributed by atoms with Crippen LogP contribution < -0.4 is 14.8 Å². The maximum Gasteiger partial charge on any atom is 0.244 e. The summed E-state index contributed by atoms with van der Waals surface area (Å²) < 4.78 is 13.2. The molecule has 0 saturated carbocycles. The highest BCUT2D eigenvalue weighted by Crippen LogP contribution is 2.33. The van der Waals surface area contributed by atoms with E-state index >= 15 is 0 Å². The topological polar surface area (TPSA) is 65.4 Å². The number of ether oxygens (including phenoxy) is 2. The van der Waals surface area contributed by atoms with E-state index in [0.717, 1.165) is 22.5 Å². The van der Waals surface area contributed by atoms with E-state index in [4.69, 9.17) is 9.47 Å². The molecule has 1 N–H and O–H groups in total. The molecular formula is C23H33N3O3. The molecule has 1 aromatic carbocycles. The largest absolute Gasteiger partial charge is 0.490 e. The summed E-state index contributed by atoms with van der Waals surface area (Å²) in [5.41, 5.74) is 3.90. The number of aryl methyl sites for hydroxylation is 2. The fourth-order valence-corrected chi connectivity index (χ4v) is 3.29. The molecule has 0 saturated heterocycles. The summed E-state index contributed by atoms with van der Waals surface area (Å²) in [5, 5.41) is 7.50. The number of rotatable bonds is 9. The highest BCUT2D eigenvalue weighted by Gasteiger charge is 2.20. The predicted octanol–water partition coefficient (Wildman–Crippen LogP) is 4.36. The number of carbonyl (C=O) groups excluding carboxylic acids is 1. The zero-order valence-electron chi connectivity index (χ0n) is 18.6. The van der Waals surface area contributed by atoms with E-state index in [1.807, 2.05) is 63.7 Å². The van der Waals surface area contributed by atoms with E-state index in [9.17, 15) is 4.79 Å². The molecule has 0 aliphatic carbocycles. The normalized spacial score (nSPS) is 12.4. The van der Waals surface area contributed by atoms with Crippen LogP contribution in [0.15, 0.2) is 24.3 Å². The molecule has 1 atom stereocenters. The van der Waals surface area contributed by atoms with E-state index in [1.54, 1.807) is 6.08 Å². The molecule has 0 aliphatic rings. The zero-order valence-corrected chi connectivity index (χ0v) is 18.6. The molecule has 1 unspecified atom stereocenters. The molecule has 1 amide bonds. The maximum absolute atomic E-state index is 12.6. The van der Waals surface area contributed by atoms with Crippen molar-refractivity contribution in [2.75, 3.05) is 13.2 Å². The van der Waals surface area contributed by atoms with Crippen molar-refractivity contribution in [1.82, 2.24) is 15.1 Å². The molecule has 0 spiro atoms. The lowest BCUT2D eigenvalue weighted by Gasteiger charge is -2.23. The molecule has 0 bridgehead atoms. The van der Waals surface area contributed by atoms with Gasteiger partial charge in [-0.1, -0.05) is 19.9 Å².